The van der Waals surface area contributed by atoms with Crippen molar-refractivity contribution in [2.45, 2.75) is 32.2 Å². The van der Waals surface area contributed by atoms with E-state index in [9.17, 15) is 4.79 Å². The van der Waals surface area contributed by atoms with Gasteiger partial charge in [-0.3, -0.25) is 4.79 Å². The van der Waals surface area contributed by atoms with Crippen LogP contribution in [0.3, 0.4) is 0 Å². The summed E-state index contributed by atoms with van der Waals surface area (Å²) in [7, 11) is 0. The maximum Gasteiger partial charge on any atom is 0.231 e. The molecule has 1 heterocycles. The standard InChI is InChI=1S/C15H20ClNO2/c1-10(2)13(7-8-16)17-15(18)12-9-19-14-6-4-3-5-11(12)14/h3-6,10,12-13H,7-9H2,1-2H3,(H,17,18). The quantitative estimate of drug-likeness (QED) is 0.843. The van der Waals surface area contributed by atoms with E-state index in [-0.39, 0.29) is 17.9 Å². The van der Waals surface area contributed by atoms with E-state index in [2.05, 4.69) is 19.2 Å². The van der Waals surface area contributed by atoms with Crippen LogP contribution in [0, 0.1) is 5.92 Å². The molecule has 1 amide bonds. The molecule has 0 aromatic heterocycles. The van der Waals surface area contributed by atoms with Crippen molar-refractivity contribution in [3.05, 3.63) is 29.8 Å². The van der Waals surface area contributed by atoms with Gasteiger partial charge in [-0.1, -0.05) is 32.0 Å². The van der Waals surface area contributed by atoms with Crippen LogP contribution in [0.4, 0.5) is 0 Å². The number of carbonyl (C=O) groups excluding carboxylic acids is 1. The zero-order chi connectivity index (χ0) is 13.8. The van der Waals surface area contributed by atoms with Crippen LogP contribution in [-0.4, -0.2) is 24.4 Å². The van der Waals surface area contributed by atoms with Crippen molar-refractivity contribution in [3.8, 4) is 5.75 Å². The summed E-state index contributed by atoms with van der Waals surface area (Å²) in [6.45, 7) is 4.62. The van der Waals surface area contributed by atoms with Crippen molar-refractivity contribution in [3.63, 3.8) is 0 Å². The first-order valence-electron chi connectivity index (χ1n) is 6.71. The van der Waals surface area contributed by atoms with Gasteiger partial charge in [0, 0.05) is 17.5 Å². The Balaban J connectivity index is 2.05. The number of halogens is 1. The number of alkyl halides is 1. The summed E-state index contributed by atoms with van der Waals surface area (Å²) in [6, 6.07) is 7.84. The second-order valence-electron chi connectivity index (χ2n) is 5.24. The number of carbonyl (C=O) groups is 1. The fraction of sp³-hybridized carbons (Fsp3) is 0.533. The molecule has 0 saturated heterocycles. The molecule has 0 bridgehead atoms. The van der Waals surface area contributed by atoms with E-state index in [1.807, 2.05) is 24.3 Å². The van der Waals surface area contributed by atoms with Gasteiger partial charge in [-0.15, -0.1) is 11.6 Å². The average molecular weight is 282 g/mol. The number of hydrogen-bond donors (Lipinski definition) is 1. The number of nitrogens with one attached hydrogen (secondary N) is 1. The summed E-state index contributed by atoms with van der Waals surface area (Å²) in [5.74, 6) is 1.59. The van der Waals surface area contributed by atoms with E-state index >= 15 is 0 Å². The van der Waals surface area contributed by atoms with Crippen LogP contribution in [0.5, 0.6) is 5.75 Å². The molecule has 19 heavy (non-hydrogen) atoms. The summed E-state index contributed by atoms with van der Waals surface area (Å²) in [5.41, 5.74) is 0.980. The molecule has 1 N–H and O–H groups in total. The molecule has 0 radical (unpaired) electrons. The Bertz CT molecular complexity index is 448. The maximum absolute atomic E-state index is 12.4. The van der Waals surface area contributed by atoms with E-state index in [1.54, 1.807) is 0 Å². The number of fused-ring (bicyclic) bond motifs is 1. The summed E-state index contributed by atoms with van der Waals surface area (Å²) in [4.78, 5) is 12.4. The first-order valence-corrected chi connectivity index (χ1v) is 7.25. The first kappa shape index (κ1) is 14.2. The fourth-order valence-electron chi connectivity index (χ4n) is 2.35. The predicted molar refractivity (Wildman–Crippen MR) is 76.8 cm³/mol. The molecule has 0 spiro atoms. The Morgan fingerprint density at radius 1 is 1.47 bits per heavy atom. The number of para-hydroxylation sites is 1. The highest BCUT2D eigenvalue weighted by atomic mass is 35.5. The van der Waals surface area contributed by atoms with Crippen LogP contribution in [0.1, 0.15) is 31.7 Å². The lowest BCUT2D eigenvalue weighted by molar-refractivity contribution is -0.123. The molecule has 3 nitrogen and oxygen atoms in total. The van der Waals surface area contributed by atoms with Crippen molar-refractivity contribution < 1.29 is 9.53 Å². The van der Waals surface area contributed by atoms with Crippen LogP contribution in [-0.2, 0) is 4.79 Å². The predicted octanol–water partition coefficient (Wildman–Crippen LogP) is 2.93. The molecule has 1 aliphatic heterocycles. The van der Waals surface area contributed by atoms with Gasteiger partial charge in [-0.25, -0.2) is 0 Å². The Morgan fingerprint density at radius 3 is 2.89 bits per heavy atom. The Labute approximate surface area is 119 Å². The summed E-state index contributed by atoms with van der Waals surface area (Å²) in [6.07, 6.45) is 0.792. The number of ether oxygens (including phenoxy) is 1. The third-order valence-electron chi connectivity index (χ3n) is 3.57. The first-order chi connectivity index (χ1) is 9.13. The third-order valence-corrected chi connectivity index (χ3v) is 3.79. The minimum atomic E-state index is -0.201. The van der Waals surface area contributed by atoms with Crippen molar-refractivity contribution in [1.29, 1.82) is 0 Å². The van der Waals surface area contributed by atoms with Gasteiger partial charge in [0.2, 0.25) is 5.91 Å². The van der Waals surface area contributed by atoms with Crippen LogP contribution in [0.25, 0.3) is 0 Å². The van der Waals surface area contributed by atoms with Crippen LogP contribution >= 0.6 is 11.6 Å². The number of benzene rings is 1. The Kier molecular flexibility index (Phi) is 4.70. The molecular formula is C15H20ClNO2. The topological polar surface area (TPSA) is 38.3 Å². The molecule has 1 aliphatic rings. The molecule has 1 aromatic rings. The average Bonchev–Trinajstić information content (AvgIpc) is 2.81. The molecule has 0 fully saturated rings. The zero-order valence-corrected chi connectivity index (χ0v) is 12.1. The van der Waals surface area contributed by atoms with Gasteiger partial charge in [0.05, 0.1) is 0 Å². The highest BCUT2D eigenvalue weighted by molar-refractivity contribution is 6.17. The molecule has 2 rings (SSSR count). The smallest absolute Gasteiger partial charge is 0.231 e. The highest BCUT2D eigenvalue weighted by Crippen LogP contribution is 2.33. The molecule has 0 saturated carbocycles. The fourth-order valence-corrected chi connectivity index (χ4v) is 2.59. The zero-order valence-electron chi connectivity index (χ0n) is 11.4. The molecule has 4 heteroatoms. The Hall–Kier alpha value is -1.22. The van der Waals surface area contributed by atoms with Crippen molar-refractivity contribution in [1.82, 2.24) is 5.32 Å². The largest absolute Gasteiger partial charge is 0.492 e. The molecule has 1 aromatic carbocycles. The van der Waals surface area contributed by atoms with Crippen molar-refractivity contribution in [2.75, 3.05) is 12.5 Å². The second kappa shape index (κ2) is 6.29. The van der Waals surface area contributed by atoms with Gasteiger partial charge in [0.15, 0.2) is 0 Å². The normalized spacial score (nSPS) is 18.8. The lowest BCUT2D eigenvalue weighted by Crippen LogP contribution is -2.41. The Morgan fingerprint density at radius 2 is 2.21 bits per heavy atom. The van der Waals surface area contributed by atoms with Crippen LogP contribution in [0.15, 0.2) is 24.3 Å². The summed E-state index contributed by atoms with van der Waals surface area (Å²) >= 11 is 5.79. The molecule has 2 atom stereocenters. The monoisotopic (exact) mass is 281 g/mol. The highest BCUT2D eigenvalue weighted by Gasteiger charge is 2.31. The van der Waals surface area contributed by atoms with Gasteiger partial charge in [-0.2, -0.15) is 0 Å². The lowest BCUT2D eigenvalue weighted by atomic mass is 9.97. The number of rotatable bonds is 5. The SMILES string of the molecule is CC(C)C(CCCl)NC(=O)C1COc2ccccc21. The van der Waals surface area contributed by atoms with E-state index in [1.165, 1.54) is 0 Å². The van der Waals surface area contributed by atoms with Crippen LogP contribution in [0.2, 0.25) is 0 Å². The van der Waals surface area contributed by atoms with Crippen molar-refractivity contribution in [2.24, 2.45) is 5.92 Å². The lowest BCUT2D eigenvalue weighted by Gasteiger charge is -2.23. The van der Waals surface area contributed by atoms with Gasteiger partial charge in [0.25, 0.3) is 0 Å². The van der Waals surface area contributed by atoms with E-state index in [4.69, 9.17) is 16.3 Å². The summed E-state index contributed by atoms with van der Waals surface area (Å²) < 4.78 is 5.55. The molecular weight excluding hydrogens is 262 g/mol. The van der Waals surface area contributed by atoms with E-state index in [0.29, 0.717) is 18.4 Å². The minimum Gasteiger partial charge on any atom is -0.492 e. The molecule has 2 unspecified atom stereocenters. The molecule has 104 valence electrons. The second-order valence-corrected chi connectivity index (χ2v) is 5.62. The maximum atomic E-state index is 12.4. The van der Waals surface area contributed by atoms with Crippen LogP contribution < -0.4 is 10.1 Å². The minimum absolute atomic E-state index is 0.0359. The van der Waals surface area contributed by atoms with Gasteiger partial charge >= 0.3 is 0 Å². The van der Waals surface area contributed by atoms with E-state index < -0.39 is 0 Å². The number of hydrogen-bond acceptors (Lipinski definition) is 2. The van der Waals surface area contributed by atoms with Crippen molar-refractivity contribution >= 4 is 17.5 Å². The van der Waals surface area contributed by atoms with Gasteiger partial charge in [-0.05, 0) is 18.4 Å². The van der Waals surface area contributed by atoms with Gasteiger partial charge in [0.1, 0.15) is 18.3 Å². The van der Waals surface area contributed by atoms with Gasteiger partial charge < -0.3 is 10.1 Å². The summed E-state index contributed by atoms with van der Waals surface area (Å²) in [5, 5.41) is 3.10. The third kappa shape index (κ3) is 3.21. The van der Waals surface area contributed by atoms with E-state index in [0.717, 1.165) is 17.7 Å². The molecule has 0 aliphatic carbocycles. The number of amides is 1.